The third-order valence-corrected chi connectivity index (χ3v) is 5.33. The smallest absolute Gasteiger partial charge is 0.241 e. The summed E-state index contributed by atoms with van der Waals surface area (Å²) in [7, 11) is -3.57. The lowest BCUT2D eigenvalue weighted by Gasteiger charge is -2.20. The van der Waals surface area contributed by atoms with Gasteiger partial charge < -0.3 is 4.74 Å². The molecule has 2 rings (SSSR count). The Kier molecular flexibility index (Phi) is 4.43. The summed E-state index contributed by atoms with van der Waals surface area (Å²) in [5.41, 5.74) is 1.03. The molecule has 1 saturated heterocycles. The van der Waals surface area contributed by atoms with Gasteiger partial charge in [0.1, 0.15) is 0 Å². The summed E-state index contributed by atoms with van der Waals surface area (Å²) in [6, 6.07) is 6.41. The number of ether oxygens (including phenoxy) is 1. The van der Waals surface area contributed by atoms with Gasteiger partial charge in [-0.2, -0.15) is 5.26 Å². The molecule has 2 atom stereocenters. The fourth-order valence-corrected chi connectivity index (χ4v) is 3.91. The minimum Gasteiger partial charge on any atom is -0.381 e. The molecular formula is C14H18N2O3S. The molecule has 0 aromatic heterocycles. The van der Waals surface area contributed by atoms with Crippen LogP contribution in [-0.4, -0.2) is 27.7 Å². The van der Waals surface area contributed by atoms with E-state index in [1.54, 1.807) is 13.0 Å². The first-order valence-corrected chi connectivity index (χ1v) is 8.03. The van der Waals surface area contributed by atoms with Crippen LogP contribution >= 0.6 is 0 Å². The molecule has 1 N–H and O–H groups in total. The SMILES string of the molecule is Cc1cc(C#N)ccc1S(=O)(=O)NC(C)C1CCOC1. The molecular weight excluding hydrogens is 276 g/mol. The fourth-order valence-electron chi connectivity index (χ4n) is 2.37. The Hall–Kier alpha value is -1.42. The molecule has 6 heteroatoms. The van der Waals surface area contributed by atoms with Crippen LogP contribution in [0, 0.1) is 24.2 Å². The molecule has 1 aliphatic rings. The standard InChI is InChI=1S/C14H18N2O3S/c1-10-7-12(8-15)3-4-14(10)20(17,18)16-11(2)13-5-6-19-9-13/h3-4,7,11,13,16H,5-6,9H2,1-2H3. The number of hydrogen-bond acceptors (Lipinski definition) is 4. The van der Waals surface area contributed by atoms with Crippen LogP contribution in [0.2, 0.25) is 0 Å². The second-order valence-corrected chi connectivity index (χ2v) is 6.81. The summed E-state index contributed by atoms with van der Waals surface area (Å²) in [6.45, 7) is 4.83. The number of rotatable bonds is 4. The van der Waals surface area contributed by atoms with Gasteiger partial charge in [-0.15, -0.1) is 0 Å². The van der Waals surface area contributed by atoms with Crippen LogP contribution in [0.4, 0.5) is 0 Å². The molecule has 0 aliphatic carbocycles. The maximum atomic E-state index is 12.4. The van der Waals surface area contributed by atoms with Gasteiger partial charge in [-0.1, -0.05) is 0 Å². The second-order valence-electron chi connectivity index (χ2n) is 5.13. The van der Waals surface area contributed by atoms with Gasteiger partial charge in [0, 0.05) is 18.6 Å². The minimum absolute atomic E-state index is 0.169. The summed E-state index contributed by atoms with van der Waals surface area (Å²) in [4.78, 5) is 0.224. The van der Waals surface area contributed by atoms with Crippen LogP contribution in [0.1, 0.15) is 24.5 Å². The molecule has 20 heavy (non-hydrogen) atoms. The molecule has 0 amide bonds. The fraction of sp³-hybridized carbons (Fsp3) is 0.500. The van der Waals surface area contributed by atoms with Crippen molar-refractivity contribution in [3.63, 3.8) is 0 Å². The lowest BCUT2D eigenvalue weighted by atomic mass is 10.0. The first kappa shape index (κ1) is 15.0. The van der Waals surface area contributed by atoms with Gasteiger partial charge in [0.05, 0.1) is 23.1 Å². The molecule has 0 saturated carbocycles. The predicted octanol–water partition coefficient (Wildman–Crippen LogP) is 1.57. The molecule has 1 aliphatic heterocycles. The van der Waals surface area contributed by atoms with Gasteiger partial charge in [-0.25, -0.2) is 13.1 Å². The average molecular weight is 294 g/mol. The van der Waals surface area contributed by atoms with Crippen LogP contribution in [-0.2, 0) is 14.8 Å². The first-order chi connectivity index (χ1) is 9.44. The number of sulfonamides is 1. The molecule has 0 spiro atoms. The normalized spacial score (nSPS) is 20.6. The topological polar surface area (TPSA) is 79.2 Å². The van der Waals surface area contributed by atoms with E-state index in [-0.39, 0.29) is 16.9 Å². The van der Waals surface area contributed by atoms with Crippen LogP contribution in [0.15, 0.2) is 23.1 Å². The molecule has 5 nitrogen and oxygen atoms in total. The summed E-state index contributed by atoms with van der Waals surface area (Å²) >= 11 is 0. The van der Waals surface area contributed by atoms with E-state index >= 15 is 0 Å². The zero-order valence-electron chi connectivity index (χ0n) is 11.6. The Labute approximate surface area is 119 Å². The predicted molar refractivity (Wildman–Crippen MR) is 74.6 cm³/mol. The van der Waals surface area contributed by atoms with Crippen LogP contribution in [0.5, 0.6) is 0 Å². The summed E-state index contributed by atoms with van der Waals surface area (Å²) < 4.78 is 32.8. The van der Waals surface area contributed by atoms with Gasteiger partial charge in [0.2, 0.25) is 10.0 Å². The third-order valence-electron chi connectivity index (χ3n) is 3.61. The minimum atomic E-state index is -3.57. The van der Waals surface area contributed by atoms with E-state index in [9.17, 15) is 8.42 Å². The highest BCUT2D eigenvalue weighted by Gasteiger charge is 2.27. The highest BCUT2D eigenvalue weighted by Crippen LogP contribution is 2.21. The summed E-state index contributed by atoms with van der Waals surface area (Å²) in [5.74, 6) is 0.212. The summed E-state index contributed by atoms with van der Waals surface area (Å²) in [5, 5.41) is 8.82. The zero-order chi connectivity index (χ0) is 14.8. The van der Waals surface area contributed by atoms with Crippen molar-refractivity contribution < 1.29 is 13.2 Å². The maximum absolute atomic E-state index is 12.4. The van der Waals surface area contributed by atoms with Crippen LogP contribution in [0.3, 0.4) is 0 Å². The third kappa shape index (κ3) is 3.18. The van der Waals surface area contributed by atoms with E-state index in [0.29, 0.717) is 24.3 Å². The first-order valence-electron chi connectivity index (χ1n) is 6.55. The van der Waals surface area contributed by atoms with Gasteiger partial charge in [0.15, 0.2) is 0 Å². The molecule has 2 unspecified atom stereocenters. The Morgan fingerprint density at radius 3 is 2.80 bits per heavy atom. The van der Waals surface area contributed by atoms with Gasteiger partial charge in [-0.05, 0) is 44.0 Å². The van der Waals surface area contributed by atoms with Crippen molar-refractivity contribution in [1.29, 1.82) is 5.26 Å². The molecule has 1 aromatic carbocycles. The Morgan fingerprint density at radius 1 is 1.50 bits per heavy atom. The number of nitrogens with zero attached hydrogens (tertiary/aromatic N) is 1. The molecule has 1 heterocycles. The monoisotopic (exact) mass is 294 g/mol. The number of hydrogen-bond donors (Lipinski definition) is 1. The van der Waals surface area contributed by atoms with Crippen molar-refractivity contribution in [3.8, 4) is 6.07 Å². The van der Waals surface area contributed by atoms with Crippen molar-refractivity contribution in [2.24, 2.45) is 5.92 Å². The lowest BCUT2D eigenvalue weighted by molar-refractivity contribution is 0.180. The highest BCUT2D eigenvalue weighted by molar-refractivity contribution is 7.89. The van der Waals surface area contributed by atoms with Crippen molar-refractivity contribution in [2.75, 3.05) is 13.2 Å². The van der Waals surface area contributed by atoms with Gasteiger partial charge in [0.25, 0.3) is 0 Å². The Balaban J connectivity index is 2.20. The van der Waals surface area contributed by atoms with Crippen LogP contribution < -0.4 is 4.72 Å². The number of nitrogens with one attached hydrogen (secondary N) is 1. The molecule has 108 valence electrons. The van der Waals surface area contributed by atoms with E-state index < -0.39 is 10.0 Å². The quantitative estimate of drug-likeness (QED) is 0.914. The van der Waals surface area contributed by atoms with E-state index in [1.807, 2.05) is 13.0 Å². The van der Waals surface area contributed by atoms with Crippen molar-refractivity contribution in [1.82, 2.24) is 4.72 Å². The number of nitriles is 1. The van der Waals surface area contributed by atoms with E-state index in [2.05, 4.69) is 4.72 Å². The van der Waals surface area contributed by atoms with E-state index in [1.165, 1.54) is 12.1 Å². The lowest BCUT2D eigenvalue weighted by Crippen LogP contribution is -2.38. The van der Waals surface area contributed by atoms with Crippen LogP contribution in [0.25, 0.3) is 0 Å². The van der Waals surface area contributed by atoms with Crippen molar-refractivity contribution in [3.05, 3.63) is 29.3 Å². The average Bonchev–Trinajstić information content (AvgIpc) is 2.91. The van der Waals surface area contributed by atoms with Crippen molar-refractivity contribution in [2.45, 2.75) is 31.2 Å². The number of benzene rings is 1. The van der Waals surface area contributed by atoms with Gasteiger partial charge >= 0.3 is 0 Å². The van der Waals surface area contributed by atoms with Gasteiger partial charge in [-0.3, -0.25) is 0 Å². The highest BCUT2D eigenvalue weighted by atomic mass is 32.2. The molecule has 0 radical (unpaired) electrons. The molecule has 1 fully saturated rings. The van der Waals surface area contributed by atoms with E-state index in [0.717, 1.165) is 6.42 Å². The number of aryl methyl sites for hydroxylation is 1. The summed E-state index contributed by atoms with van der Waals surface area (Å²) in [6.07, 6.45) is 0.871. The zero-order valence-corrected chi connectivity index (χ0v) is 12.4. The van der Waals surface area contributed by atoms with Crippen molar-refractivity contribution >= 4 is 10.0 Å². The largest absolute Gasteiger partial charge is 0.381 e. The molecule has 1 aromatic rings. The maximum Gasteiger partial charge on any atom is 0.241 e. The van der Waals surface area contributed by atoms with E-state index in [4.69, 9.17) is 10.00 Å². The Morgan fingerprint density at radius 2 is 2.25 bits per heavy atom. The molecule has 0 bridgehead atoms. The Bertz CT molecular complexity index is 628. The second kappa shape index (κ2) is 5.92.